The van der Waals surface area contributed by atoms with E-state index in [2.05, 4.69) is 89.8 Å². The van der Waals surface area contributed by atoms with Crippen LogP contribution in [-0.2, 0) is 30.4 Å². The number of nitrogens with zero attached hydrogens (tertiary/aromatic N) is 4. The monoisotopic (exact) mass is 796 g/mol. The Bertz CT molecular complexity index is 2210. The molecule has 2 N–H and O–H groups in total. The molecule has 2 saturated carbocycles. The fourth-order valence-electron chi connectivity index (χ4n) is 9.95. The van der Waals surface area contributed by atoms with Crippen LogP contribution in [0, 0.1) is 29.6 Å². The Labute approximate surface area is 347 Å². The summed E-state index contributed by atoms with van der Waals surface area (Å²) in [4.78, 5) is 59.1. The number of carbonyl (C=O) groups is 3. The van der Waals surface area contributed by atoms with Gasteiger partial charge in [0.25, 0.3) is 0 Å². The second-order valence-corrected chi connectivity index (χ2v) is 17.2. The number of aromatic amines is 1. The van der Waals surface area contributed by atoms with E-state index in [9.17, 15) is 14.4 Å². The largest absolute Gasteiger partial charge is 0.469 e. The van der Waals surface area contributed by atoms with Gasteiger partial charge in [-0.2, -0.15) is 0 Å². The molecule has 8 rings (SSSR count). The first kappa shape index (κ1) is 40.4. The van der Waals surface area contributed by atoms with E-state index in [4.69, 9.17) is 19.5 Å². The minimum Gasteiger partial charge on any atom is -0.469 e. The van der Waals surface area contributed by atoms with Crippen LogP contribution in [0.3, 0.4) is 0 Å². The number of nitrogens with one attached hydrogen (secondary N) is 2. The SMILES string of the molecule is COC(=O)C[C@H](C(=O)N1CCC[C@H]1c1ncc(-c2ccc(-c3ccc(C4=CN=C([C@H]5C6CCC(C6)[C@@H]5C(=O)NCc5ccc(C(C)C)nc5)C4)cc3)cc2)[nH]1)[C@@H](C)OC. The third kappa shape index (κ3) is 8.40. The number of esters is 1. The Morgan fingerprint density at radius 3 is 2.25 bits per heavy atom. The van der Waals surface area contributed by atoms with Crippen molar-refractivity contribution < 1.29 is 23.9 Å². The molecule has 2 aromatic carbocycles. The zero-order valence-electron chi connectivity index (χ0n) is 34.8. The summed E-state index contributed by atoms with van der Waals surface area (Å²) in [6, 6.07) is 21.0. The summed E-state index contributed by atoms with van der Waals surface area (Å²) in [5.41, 5.74) is 9.72. The summed E-state index contributed by atoms with van der Waals surface area (Å²) in [5, 5.41) is 3.25. The number of H-pyrrole nitrogens is 1. The van der Waals surface area contributed by atoms with Gasteiger partial charge in [-0.1, -0.05) is 68.4 Å². The van der Waals surface area contributed by atoms with Crippen LogP contribution in [0.1, 0.15) is 100 Å². The van der Waals surface area contributed by atoms with E-state index in [1.54, 1.807) is 7.11 Å². The number of fused-ring (bicyclic) bond motifs is 2. The molecule has 308 valence electrons. The van der Waals surface area contributed by atoms with Crippen LogP contribution >= 0.6 is 0 Å². The lowest BCUT2D eigenvalue weighted by Gasteiger charge is -2.30. The number of carbonyl (C=O) groups excluding carboxylic acids is 3. The third-order valence-corrected chi connectivity index (χ3v) is 13.4. The highest BCUT2D eigenvalue weighted by Gasteiger charge is 2.52. The molecule has 2 unspecified atom stereocenters. The summed E-state index contributed by atoms with van der Waals surface area (Å²) in [6.07, 6.45) is 11.1. The fraction of sp³-hybridized carbons (Fsp3) is 0.458. The Morgan fingerprint density at radius 2 is 1.58 bits per heavy atom. The number of methoxy groups -OCH3 is 2. The average molecular weight is 797 g/mol. The molecule has 2 aliphatic heterocycles. The van der Waals surface area contributed by atoms with E-state index in [-0.39, 0.29) is 36.1 Å². The average Bonchev–Trinajstić information content (AvgIpc) is 4.13. The molecular formula is C48H56N6O5. The number of ether oxygens (including phenoxy) is 2. The van der Waals surface area contributed by atoms with Gasteiger partial charge in [0, 0.05) is 62.3 Å². The Balaban J connectivity index is 0.879. The van der Waals surface area contributed by atoms with E-state index in [0.29, 0.717) is 30.8 Å². The number of imidazole rings is 1. The first-order valence-electron chi connectivity index (χ1n) is 21.3. The fourth-order valence-corrected chi connectivity index (χ4v) is 9.95. The van der Waals surface area contributed by atoms with Gasteiger partial charge in [-0.3, -0.25) is 24.4 Å². The zero-order valence-corrected chi connectivity index (χ0v) is 34.8. The summed E-state index contributed by atoms with van der Waals surface area (Å²) >= 11 is 0. The van der Waals surface area contributed by atoms with Crippen molar-refractivity contribution in [1.82, 2.24) is 25.2 Å². The number of likely N-dealkylation sites (tertiary alicyclic amines) is 1. The Kier molecular flexibility index (Phi) is 11.9. The predicted octanol–water partition coefficient (Wildman–Crippen LogP) is 8.30. The topological polar surface area (TPSA) is 139 Å². The molecule has 2 aliphatic carbocycles. The van der Waals surface area contributed by atoms with Crippen molar-refractivity contribution in [3.63, 3.8) is 0 Å². The maximum atomic E-state index is 13.7. The molecule has 4 aromatic rings. The van der Waals surface area contributed by atoms with E-state index < -0.39 is 18.0 Å². The molecule has 0 spiro atoms. The summed E-state index contributed by atoms with van der Waals surface area (Å²) in [7, 11) is 2.88. The Morgan fingerprint density at radius 1 is 0.864 bits per heavy atom. The molecule has 4 heterocycles. The van der Waals surface area contributed by atoms with Crippen molar-refractivity contribution >= 4 is 29.1 Å². The number of hydrogen-bond acceptors (Lipinski definition) is 8. The lowest BCUT2D eigenvalue weighted by Crippen LogP contribution is -2.41. The van der Waals surface area contributed by atoms with Gasteiger partial charge in [0.05, 0.1) is 43.5 Å². The highest BCUT2D eigenvalue weighted by atomic mass is 16.5. The lowest BCUT2D eigenvalue weighted by molar-refractivity contribution is -0.151. The molecule has 11 heteroatoms. The standard InChI is InChI=1S/C48H56N6O5/c1-28(2)39-19-8-30(24-49-39)25-52-47(56)45-36-18-17-35(21-36)44(45)40-22-37(26-50-40)33-11-9-31(10-12-33)32-13-15-34(16-14-32)41-27-51-46(53-41)42-7-6-20-54(42)48(57)38(29(3)58-4)23-43(55)59-5/h8-16,19,24,26-29,35-36,38,42,44-45H,6-7,17-18,20-23,25H2,1-5H3,(H,51,53)(H,52,56)/t29-,35?,36?,38+,42+,44-,45+/m1/s1. The minimum atomic E-state index is -0.632. The number of pyridine rings is 1. The van der Waals surface area contributed by atoms with Crippen molar-refractivity contribution in [2.75, 3.05) is 20.8 Å². The molecule has 59 heavy (non-hydrogen) atoms. The van der Waals surface area contributed by atoms with Gasteiger partial charge in [0.15, 0.2) is 0 Å². The van der Waals surface area contributed by atoms with Gasteiger partial charge >= 0.3 is 5.97 Å². The zero-order chi connectivity index (χ0) is 41.2. The minimum absolute atomic E-state index is 0.0227. The van der Waals surface area contributed by atoms with E-state index in [1.807, 2.05) is 30.4 Å². The second kappa shape index (κ2) is 17.4. The molecule has 1 saturated heterocycles. The molecular weight excluding hydrogens is 741 g/mol. The number of aliphatic imine (C=N–C) groups is 1. The number of rotatable bonds is 14. The summed E-state index contributed by atoms with van der Waals surface area (Å²) in [6.45, 7) is 7.18. The highest BCUT2D eigenvalue weighted by Crippen LogP contribution is 2.54. The van der Waals surface area contributed by atoms with Crippen LogP contribution in [-0.4, -0.2) is 70.2 Å². The van der Waals surface area contributed by atoms with Crippen molar-refractivity contribution in [1.29, 1.82) is 0 Å². The van der Waals surface area contributed by atoms with Crippen LogP contribution in [0.2, 0.25) is 0 Å². The first-order valence-corrected chi connectivity index (χ1v) is 21.3. The number of aromatic nitrogens is 3. The number of allylic oxidation sites excluding steroid dienone is 1. The van der Waals surface area contributed by atoms with Crippen LogP contribution in [0.4, 0.5) is 0 Å². The van der Waals surface area contributed by atoms with E-state index in [1.165, 1.54) is 19.1 Å². The smallest absolute Gasteiger partial charge is 0.306 e. The third-order valence-electron chi connectivity index (χ3n) is 13.4. The van der Waals surface area contributed by atoms with Crippen LogP contribution in [0.15, 0.2) is 84.2 Å². The van der Waals surface area contributed by atoms with Gasteiger partial charge in [-0.25, -0.2) is 4.98 Å². The molecule has 0 radical (unpaired) electrons. The lowest BCUT2D eigenvalue weighted by atomic mass is 9.75. The first-order chi connectivity index (χ1) is 28.6. The molecule has 3 fully saturated rings. The van der Waals surface area contributed by atoms with Gasteiger partial charge in [-0.15, -0.1) is 0 Å². The Hall–Kier alpha value is -5.42. The number of hydrogen-bond donors (Lipinski definition) is 2. The summed E-state index contributed by atoms with van der Waals surface area (Å²) < 4.78 is 10.3. The molecule has 2 bridgehead atoms. The molecule has 11 nitrogen and oxygen atoms in total. The van der Waals surface area contributed by atoms with Crippen molar-refractivity contribution in [2.24, 2.45) is 34.6 Å². The van der Waals surface area contributed by atoms with Gasteiger partial charge < -0.3 is 24.7 Å². The van der Waals surface area contributed by atoms with Crippen LogP contribution in [0.5, 0.6) is 0 Å². The molecule has 4 aliphatic rings. The maximum Gasteiger partial charge on any atom is 0.306 e. The van der Waals surface area contributed by atoms with E-state index >= 15 is 0 Å². The highest BCUT2D eigenvalue weighted by molar-refractivity contribution is 6.02. The van der Waals surface area contributed by atoms with Crippen LogP contribution in [0.25, 0.3) is 28.0 Å². The summed E-state index contributed by atoms with van der Waals surface area (Å²) in [5.74, 6) is 1.21. The number of amides is 2. The van der Waals surface area contributed by atoms with Gasteiger partial charge in [0.1, 0.15) is 5.82 Å². The van der Waals surface area contributed by atoms with Gasteiger partial charge in [-0.05, 0) is 96.2 Å². The molecule has 7 atom stereocenters. The van der Waals surface area contributed by atoms with E-state index in [0.717, 1.165) is 82.8 Å². The van der Waals surface area contributed by atoms with Crippen molar-refractivity contribution in [2.45, 2.75) is 90.3 Å². The molecule has 2 amide bonds. The van der Waals surface area contributed by atoms with Crippen molar-refractivity contribution in [3.8, 4) is 22.4 Å². The second-order valence-electron chi connectivity index (χ2n) is 17.2. The normalized spacial score (nSPS) is 23.3. The van der Waals surface area contributed by atoms with Crippen molar-refractivity contribution in [3.05, 3.63) is 102 Å². The predicted molar refractivity (Wildman–Crippen MR) is 228 cm³/mol. The van der Waals surface area contributed by atoms with Gasteiger partial charge in [0.2, 0.25) is 11.8 Å². The maximum absolute atomic E-state index is 13.7. The quantitative estimate of drug-likeness (QED) is 0.123. The molecule has 2 aromatic heterocycles. The van der Waals surface area contributed by atoms with Crippen LogP contribution < -0.4 is 5.32 Å². The number of benzene rings is 2.